The minimum absolute atomic E-state index is 0.00538. The molecule has 244 valence electrons. The summed E-state index contributed by atoms with van der Waals surface area (Å²) in [7, 11) is 2.82. The van der Waals surface area contributed by atoms with Gasteiger partial charge in [0.15, 0.2) is 17.3 Å². The van der Waals surface area contributed by atoms with Gasteiger partial charge in [-0.2, -0.15) is 0 Å². The highest BCUT2D eigenvalue weighted by Crippen LogP contribution is 2.55. The van der Waals surface area contributed by atoms with Gasteiger partial charge in [-0.3, -0.25) is 39.4 Å². The van der Waals surface area contributed by atoms with Gasteiger partial charge in [-0.15, -0.1) is 0 Å². The number of hydrogen-bond donors (Lipinski definition) is 1. The van der Waals surface area contributed by atoms with Gasteiger partial charge in [0.1, 0.15) is 11.5 Å². The first-order valence-corrected chi connectivity index (χ1v) is 15.2. The van der Waals surface area contributed by atoms with Crippen molar-refractivity contribution in [1.29, 1.82) is 0 Å². The molecule has 2 aliphatic heterocycles. The van der Waals surface area contributed by atoms with Crippen LogP contribution in [-0.4, -0.2) is 52.4 Å². The molecule has 0 unspecified atom stereocenters. The number of amides is 2. The van der Waals surface area contributed by atoms with Crippen LogP contribution in [0.5, 0.6) is 11.5 Å². The molecule has 4 atom stereocenters. The first kappa shape index (κ1) is 30.7. The van der Waals surface area contributed by atoms with Crippen LogP contribution in [-0.2, 0) is 25.6 Å². The van der Waals surface area contributed by atoms with Gasteiger partial charge >= 0.3 is 11.4 Å². The van der Waals surface area contributed by atoms with Crippen LogP contribution in [0.2, 0.25) is 0 Å². The molecule has 0 aromatic heterocycles. The van der Waals surface area contributed by atoms with Gasteiger partial charge in [0.25, 0.3) is 0 Å². The second-order valence-electron chi connectivity index (χ2n) is 12.8. The molecule has 1 saturated heterocycles. The number of carbonyl (C=O) groups excluding carboxylic acids is 4. The van der Waals surface area contributed by atoms with E-state index in [1.807, 2.05) is 6.08 Å². The van der Waals surface area contributed by atoms with Crippen LogP contribution in [0.15, 0.2) is 76.6 Å². The number of benzene rings is 2. The van der Waals surface area contributed by atoms with Crippen LogP contribution in [0.1, 0.15) is 25.3 Å². The van der Waals surface area contributed by atoms with E-state index < -0.39 is 56.7 Å². The van der Waals surface area contributed by atoms with E-state index in [0.717, 1.165) is 17.0 Å². The molecule has 1 fully saturated rings. The fourth-order valence-corrected chi connectivity index (χ4v) is 7.88. The number of phenolic OH excluding ortho intramolecular Hbond substituents is 1. The summed E-state index contributed by atoms with van der Waals surface area (Å²) in [5, 5.41) is 34.2. The van der Waals surface area contributed by atoms with Gasteiger partial charge < -0.3 is 14.7 Å². The maximum Gasteiger partial charge on any atom is 0.301 e. The molecule has 7 rings (SSSR count). The third-order valence-electron chi connectivity index (χ3n) is 9.86. The number of nitrogens with zero attached hydrogens (tertiary/aromatic N) is 4. The zero-order chi connectivity index (χ0) is 34.3. The Bertz CT molecular complexity index is 2020. The molecular formula is C34H28N4O10. The molecule has 1 N–H and O–H groups in total. The van der Waals surface area contributed by atoms with Crippen LogP contribution in [0.3, 0.4) is 0 Å². The Morgan fingerprint density at radius 3 is 2.31 bits per heavy atom. The van der Waals surface area contributed by atoms with E-state index in [-0.39, 0.29) is 59.1 Å². The van der Waals surface area contributed by atoms with E-state index in [1.165, 1.54) is 37.4 Å². The van der Waals surface area contributed by atoms with Gasteiger partial charge in [-0.1, -0.05) is 11.6 Å². The highest BCUT2D eigenvalue weighted by atomic mass is 16.6. The molecular weight excluding hydrogens is 624 g/mol. The van der Waals surface area contributed by atoms with E-state index in [1.54, 1.807) is 19.1 Å². The monoisotopic (exact) mass is 652 g/mol. The maximum absolute atomic E-state index is 14.3. The van der Waals surface area contributed by atoms with E-state index in [0.29, 0.717) is 28.0 Å². The number of nitro groups is 2. The SMILES string of the molecule is CC1=CC(=O)C2=C(C1=O)[C@@H](C1=COc3ccc(O)cc3C1)C1=CC[C@@H]3C(=O)N(c4cc([N+](=O)[O-])c(N(C)C)c([N+](=O)[O-])c4)C(=O)[C@@H]3[C@@H]1C2. The molecule has 2 aromatic rings. The van der Waals surface area contributed by atoms with Crippen molar-refractivity contribution in [3.05, 3.63) is 102 Å². The largest absolute Gasteiger partial charge is 0.508 e. The fourth-order valence-electron chi connectivity index (χ4n) is 7.88. The highest BCUT2D eigenvalue weighted by Gasteiger charge is 2.57. The predicted molar refractivity (Wildman–Crippen MR) is 169 cm³/mol. The number of imide groups is 1. The first-order valence-electron chi connectivity index (χ1n) is 15.2. The number of allylic oxidation sites excluding steroid dienone is 7. The van der Waals surface area contributed by atoms with Crippen molar-refractivity contribution in [2.45, 2.75) is 26.2 Å². The molecule has 0 spiro atoms. The summed E-state index contributed by atoms with van der Waals surface area (Å²) in [5.41, 5.74) is 0.900. The number of ether oxygens (including phenoxy) is 1. The van der Waals surface area contributed by atoms with Crippen molar-refractivity contribution >= 4 is 46.1 Å². The summed E-state index contributed by atoms with van der Waals surface area (Å²) >= 11 is 0. The van der Waals surface area contributed by atoms with Gasteiger partial charge in [0.05, 0.1) is 33.6 Å². The molecule has 48 heavy (non-hydrogen) atoms. The molecule has 3 aliphatic carbocycles. The second-order valence-corrected chi connectivity index (χ2v) is 12.8. The maximum atomic E-state index is 14.3. The van der Waals surface area contributed by atoms with Crippen LogP contribution < -0.4 is 14.5 Å². The summed E-state index contributed by atoms with van der Waals surface area (Å²) in [6.07, 6.45) is 4.99. The van der Waals surface area contributed by atoms with Crippen molar-refractivity contribution in [2.24, 2.45) is 23.7 Å². The summed E-state index contributed by atoms with van der Waals surface area (Å²) < 4.78 is 5.90. The topological polar surface area (TPSA) is 190 Å². The normalized spacial score (nSPS) is 24.5. The summed E-state index contributed by atoms with van der Waals surface area (Å²) in [6.45, 7) is 1.56. The quantitative estimate of drug-likeness (QED) is 0.160. The minimum atomic E-state index is -1.00. The van der Waals surface area contributed by atoms with E-state index in [9.17, 15) is 44.5 Å². The Morgan fingerprint density at radius 2 is 1.67 bits per heavy atom. The average molecular weight is 653 g/mol. The second kappa shape index (κ2) is 10.8. The molecule has 5 aliphatic rings. The number of fused-ring (bicyclic) bond motifs is 4. The summed E-state index contributed by atoms with van der Waals surface area (Å²) in [5.74, 6) is -4.86. The smallest absolute Gasteiger partial charge is 0.301 e. The Morgan fingerprint density at radius 1 is 0.979 bits per heavy atom. The van der Waals surface area contributed by atoms with Crippen molar-refractivity contribution in [1.82, 2.24) is 0 Å². The minimum Gasteiger partial charge on any atom is -0.508 e. The number of anilines is 2. The number of carbonyl (C=O) groups is 4. The van der Waals surface area contributed by atoms with Gasteiger partial charge in [-0.05, 0) is 55.5 Å². The van der Waals surface area contributed by atoms with E-state index in [2.05, 4.69) is 0 Å². The van der Waals surface area contributed by atoms with Crippen molar-refractivity contribution in [3.8, 4) is 11.5 Å². The Hall–Kier alpha value is -5.92. The lowest BCUT2D eigenvalue weighted by molar-refractivity contribution is -0.392. The van der Waals surface area contributed by atoms with Crippen LogP contribution in [0, 0.1) is 43.9 Å². The molecule has 0 saturated carbocycles. The summed E-state index contributed by atoms with van der Waals surface area (Å²) in [4.78, 5) is 79.9. The Kier molecular flexibility index (Phi) is 6.93. The molecule has 0 radical (unpaired) electrons. The third kappa shape index (κ3) is 4.47. The van der Waals surface area contributed by atoms with Crippen LogP contribution in [0.25, 0.3) is 0 Å². The van der Waals surface area contributed by atoms with E-state index in [4.69, 9.17) is 4.74 Å². The van der Waals surface area contributed by atoms with Gasteiger partial charge in [0, 0.05) is 60.8 Å². The lowest BCUT2D eigenvalue weighted by atomic mass is 9.58. The van der Waals surface area contributed by atoms with Crippen molar-refractivity contribution in [2.75, 3.05) is 23.9 Å². The number of Topliss-reactive ketones (excluding diaryl/α,β-unsaturated/α-hetero) is 1. The number of nitro benzene ring substituents is 2. The van der Waals surface area contributed by atoms with Crippen molar-refractivity contribution < 1.29 is 38.9 Å². The molecule has 2 amide bonds. The van der Waals surface area contributed by atoms with E-state index >= 15 is 0 Å². The lowest BCUT2D eigenvalue weighted by Gasteiger charge is -2.43. The average Bonchev–Trinajstić information content (AvgIpc) is 3.30. The first-order chi connectivity index (χ1) is 22.8. The number of rotatable bonds is 5. The number of ketones is 2. The number of hydrogen-bond acceptors (Lipinski definition) is 11. The van der Waals surface area contributed by atoms with Crippen molar-refractivity contribution in [3.63, 3.8) is 0 Å². The Balaban J connectivity index is 1.33. The zero-order valence-electron chi connectivity index (χ0n) is 26.0. The molecule has 14 heteroatoms. The molecule has 14 nitrogen and oxygen atoms in total. The highest BCUT2D eigenvalue weighted by molar-refractivity contribution is 6.25. The van der Waals surface area contributed by atoms with Gasteiger partial charge in [0.2, 0.25) is 11.8 Å². The molecule has 2 heterocycles. The van der Waals surface area contributed by atoms with Crippen LogP contribution in [0.4, 0.5) is 22.7 Å². The number of aromatic hydroxyl groups is 1. The third-order valence-corrected chi connectivity index (χ3v) is 9.86. The summed E-state index contributed by atoms with van der Waals surface area (Å²) in [6, 6.07) is 6.64. The van der Waals surface area contributed by atoms with Crippen LogP contribution >= 0.6 is 0 Å². The van der Waals surface area contributed by atoms with Gasteiger partial charge in [-0.25, -0.2) is 4.90 Å². The standard InChI is InChI=1S/C34H28N4O10/c1-15-8-26(40)23-13-22-20(28(30(23)32(15)41)17-9-16-10-19(39)4-7-27(16)48-14-17)5-6-21-29(22)34(43)36(33(21)42)18-11-24(37(44)45)31(35(2)3)25(12-18)38(46)47/h4-5,7-8,10-12,14,21-22,28-29,39H,6,9,13H2,1-3H3/t21-,22+,28-,29-/m0/s1. The predicted octanol–water partition coefficient (Wildman–Crippen LogP) is 4.26. The fraction of sp³-hybridized carbons (Fsp3) is 0.294. The molecule has 0 bridgehead atoms. The molecule has 2 aromatic carbocycles. The zero-order valence-corrected chi connectivity index (χ0v) is 26.0. The number of phenols is 1. The Labute approximate surface area is 272 Å². The lowest BCUT2D eigenvalue weighted by Crippen LogP contribution is -2.41.